The van der Waals surface area contributed by atoms with E-state index in [9.17, 15) is 0 Å². The number of methoxy groups -OCH3 is 2. The van der Waals surface area contributed by atoms with Gasteiger partial charge in [0.05, 0.1) is 14.2 Å². The fraction of sp³-hybridized carbons (Fsp3) is 0.333. The van der Waals surface area contributed by atoms with Crippen molar-refractivity contribution in [3.05, 3.63) is 23.8 Å². The Bertz CT molecular complexity index is 231. The zero-order chi connectivity index (χ0) is 8.27. The first-order valence-corrected chi connectivity index (χ1v) is 3.38. The predicted molar refractivity (Wildman–Crippen MR) is 48.9 cm³/mol. The van der Waals surface area contributed by atoms with E-state index in [1.54, 1.807) is 26.4 Å². The molecule has 0 radical (unpaired) electrons. The Morgan fingerprint density at radius 3 is 1.77 bits per heavy atom. The summed E-state index contributed by atoms with van der Waals surface area (Å²) in [4.78, 5) is 0. The molecule has 0 N–H and O–H groups in total. The second kappa shape index (κ2) is 7.47. The first-order valence-electron chi connectivity index (χ1n) is 3.38. The standard InChI is InChI=1S/C9H11O2.BrH.Mg/c1-7-8(10-2)5-4-6-9(7)11-3;;/h5-6H,1-3H3;1H;/q-1;;+2/p-1. The van der Waals surface area contributed by atoms with Crippen molar-refractivity contribution in [2.75, 3.05) is 14.2 Å². The molecule has 1 aromatic carbocycles. The molecule has 1 rings (SSSR count). The number of ether oxygens (including phenoxy) is 2. The maximum atomic E-state index is 5.08. The largest absolute Gasteiger partial charge is 2.00 e. The molecule has 0 aliphatic carbocycles. The quantitative estimate of drug-likeness (QED) is 0.470. The molecule has 0 atom stereocenters. The van der Waals surface area contributed by atoms with Crippen LogP contribution in [0.4, 0.5) is 0 Å². The summed E-state index contributed by atoms with van der Waals surface area (Å²) in [5.74, 6) is 1.62. The van der Waals surface area contributed by atoms with Crippen LogP contribution < -0.4 is 26.5 Å². The molecule has 0 saturated carbocycles. The summed E-state index contributed by atoms with van der Waals surface area (Å²) in [7, 11) is 3.27. The number of halogens is 1. The van der Waals surface area contributed by atoms with Crippen molar-refractivity contribution in [3.63, 3.8) is 0 Å². The minimum atomic E-state index is 0. The van der Waals surface area contributed by atoms with E-state index >= 15 is 0 Å². The van der Waals surface area contributed by atoms with Gasteiger partial charge >= 0.3 is 23.1 Å². The molecule has 2 nitrogen and oxygen atoms in total. The second-order valence-electron chi connectivity index (χ2n) is 2.22. The van der Waals surface area contributed by atoms with Crippen molar-refractivity contribution in [2.24, 2.45) is 0 Å². The van der Waals surface area contributed by atoms with E-state index in [0.29, 0.717) is 0 Å². The van der Waals surface area contributed by atoms with E-state index in [0.717, 1.165) is 17.1 Å². The van der Waals surface area contributed by atoms with E-state index < -0.39 is 0 Å². The van der Waals surface area contributed by atoms with E-state index in [1.165, 1.54) is 0 Å². The first kappa shape index (κ1) is 15.5. The van der Waals surface area contributed by atoms with Gasteiger partial charge < -0.3 is 26.5 Å². The molecule has 0 aliphatic heterocycles. The van der Waals surface area contributed by atoms with Crippen molar-refractivity contribution in [1.82, 2.24) is 0 Å². The van der Waals surface area contributed by atoms with Gasteiger partial charge in [-0.25, -0.2) is 0 Å². The molecule has 0 heterocycles. The van der Waals surface area contributed by atoms with Gasteiger partial charge in [0.15, 0.2) is 0 Å². The Kier molecular flexibility index (Phi) is 8.92. The predicted octanol–water partition coefficient (Wildman–Crippen LogP) is -1.56. The normalized spacial score (nSPS) is 7.92. The third-order valence-corrected chi connectivity index (χ3v) is 1.61. The Morgan fingerprint density at radius 2 is 1.46 bits per heavy atom. The van der Waals surface area contributed by atoms with Gasteiger partial charge in [-0.15, -0.1) is 12.1 Å². The monoisotopic (exact) mass is 254 g/mol. The van der Waals surface area contributed by atoms with Crippen LogP contribution in [0, 0.1) is 13.0 Å². The first-order chi connectivity index (χ1) is 5.29. The van der Waals surface area contributed by atoms with Gasteiger partial charge in [0.2, 0.25) is 0 Å². The molecule has 0 fully saturated rings. The van der Waals surface area contributed by atoms with Crippen molar-refractivity contribution in [1.29, 1.82) is 0 Å². The second-order valence-corrected chi connectivity index (χ2v) is 2.22. The van der Waals surface area contributed by atoms with Crippen LogP contribution in [0.25, 0.3) is 0 Å². The van der Waals surface area contributed by atoms with Crippen LogP contribution in [0.5, 0.6) is 11.5 Å². The molecule has 0 bridgehead atoms. The Balaban J connectivity index is 0. The number of benzene rings is 1. The van der Waals surface area contributed by atoms with E-state index in [4.69, 9.17) is 9.47 Å². The fourth-order valence-electron chi connectivity index (χ4n) is 0.955. The third-order valence-electron chi connectivity index (χ3n) is 1.61. The smallest absolute Gasteiger partial charge is 1.00 e. The molecule has 0 unspecified atom stereocenters. The minimum absolute atomic E-state index is 0. The number of hydrogen-bond acceptors (Lipinski definition) is 2. The zero-order valence-electron chi connectivity index (χ0n) is 8.06. The summed E-state index contributed by atoms with van der Waals surface area (Å²) < 4.78 is 10.2. The molecule has 0 aliphatic rings. The average molecular weight is 255 g/mol. The van der Waals surface area contributed by atoms with Crippen LogP contribution >= 0.6 is 0 Å². The third kappa shape index (κ3) is 3.75. The van der Waals surface area contributed by atoms with Crippen LogP contribution in [-0.2, 0) is 0 Å². The fourth-order valence-corrected chi connectivity index (χ4v) is 0.955. The maximum absolute atomic E-state index is 5.08. The van der Waals surface area contributed by atoms with Gasteiger partial charge in [-0.3, -0.25) is 0 Å². The van der Waals surface area contributed by atoms with Crippen molar-refractivity contribution < 1.29 is 26.5 Å². The average Bonchev–Trinajstić information content (AvgIpc) is 2.05. The summed E-state index contributed by atoms with van der Waals surface area (Å²) in [5.41, 5.74) is 1.01. The molecule has 0 amide bonds. The van der Waals surface area contributed by atoms with Gasteiger partial charge in [0.1, 0.15) is 0 Å². The van der Waals surface area contributed by atoms with Crippen molar-refractivity contribution in [3.8, 4) is 11.5 Å². The van der Waals surface area contributed by atoms with E-state index in [1.807, 2.05) is 6.92 Å². The molecule has 1 aromatic rings. The van der Waals surface area contributed by atoms with E-state index in [-0.39, 0.29) is 40.0 Å². The maximum Gasteiger partial charge on any atom is 2.00 e. The SMILES string of the molecule is COc1c[c-]cc(OC)c1C.[Br-].[Mg+2]. The summed E-state index contributed by atoms with van der Waals surface area (Å²) in [6.45, 7) is 1.95. The summed E-state index contributed by atoms with van der Waals surface area (Å²) in [6.07, 6.45) is 0. The molecule has 0 spiro atoms. The van der Waals surface area contributed by atoms with Crippen LogP contribution in [0.15, 0.2) is 12.1 Å². The molecular weight excluding hydrogens is 244 g/mol. The summed E-state index contributed by atoms with van der Waals surface area (Å²) in [5, 5.41) is 0. The van der Waals surface area contributed by atoms with Crippen LogP contribution in [-0.4, -0.2) is 37.3 Å². The van der Waals surface area contributed by atoms with Crippen molar-refractivity contribution >= 4 is 23.1 Å². The Hall–Kier alpha value is 0.0662. The molecule has 0 aromatic heterocycles. The van der Waals surface area contributed by atoms with Crippen LogP contribution in [0.1, 0.15) is 5.56 Å². The van der Waals surface area contributed by atoms with Gasteiger partial charge in [-0.05, 0) is 0 Å². The Morgan fingerprint density at radius 1 is 1.08 bits per heavy atom. The van der Waals surface area contributed by atoms with Crippen LogP contribution in [0.3, 0.4) is 0 Å². The zero-order valence-corrected chi connectivity index (χ0v) is 11.1. The molecule has 68 valence electrons. The van der Waals surface area contributed by atoms with Gasteiger partial charge in [-0.1, -0.05) is 12.5 Å². The van der Waals surface area contributed by atoms with Gasteiger partial charge in [0.25, 0.3) is 0 Å². The van der Waals surface area contributed by atoms with Crippen molar-refractivity contribution in [2.45, 2.75) is 6.92 Å². The number of hydrogen-bond donors (Lipinski definition) is 0. The van der Waals surface area contributed by atoms with E-state index in [2.05, 4.69) is 6.07 Å². The number of rotatable bonds is 2. The topological polar surface area (TPSA) is 18.5 Å². The van der Waals surface area contributed by atoms with Gasteiger partial charge in [0, 0.05) is 11.5 Å². The summed E-state index contributed by atoms with van der Waals surface area (Å²) >= 11 is 0. The molecule has 0 saturated heterocycles. The van der Waals surface area contributed by atoms with Crippen LogP contribution in [0.2, 0.25) is 0 Å². The molecule has 13 heavy (non-hydrogen) atoms. The Labute approximate surface area is 106 Å². The minimum Gasteiger partial charge on any atom is -1.00 e. The molecule has 4 heteroatoms. The van der Waals surface area contributed by atoms with Gasteiger partial charge in [-0.2, -0.15) is 6.07 Å². The summed E-state index contributed by atoms with van der Waals surface area (Å²) in [6, 6.07) is 6.50. The molecular formula is C9H11BrMgO2.